The summed E-state index contributed by atoms with van der Waals surface area (Å²) in [5, 5.41) is 28.5. The van der Waals surface area contributed by atoms with E-state index in [0.717, 1.165) is 12.8 Å². The highest BCUT2D eigenvalue weighted by molar-refractivity contribution is 5.78. The van der Waals surface area contributed by atoms with Gasteiger partial charge in [0.25, 0.3) is 0 Å². The first kappa shape index (κ1) is 14.5. The van der Waals surface area contributed by atoms with Gasteiger partial charge in [0, 0.05) is 5.41 Å². The Balaban J connectivity index is 2.81. The largest absolute Gasteiger partial charge is 0.479 e. The normalized spacial score (nSPS) is 33.4. The van der Waals surface area contributed by atoms with Crippen LogP contribution in [0.5, 0.6) is 0 Å². The van der Waals surface area contributed by atoms with E-state index in [-0.39, 0.29) is 0 Å². The number of rotatable bonds is 4. The van der Waals surface area contributed by atoms with Crippen molar-refractivity contribution in [2.75, 3.05) is 6.61 Å². The molecule has 0 bridgehead atoms. The first-order valence-electron chi connectivity index (χ1n) is 6.33. The highest BCUT2D eigenvalue weighted by atomic mass is 16.4. The molecule has 0 aromatic rings. The molecule has 0 saturated heterocycles. The lowest BCUT2D eigenvalue weighted by molar-refractivity contribution is -0.187. The highest BCUT2D eigenvalue weighted by Crippen LogP contribution is 2.47. The molecule has 1 atom stereocenters. The summed E-state index contributed by atoms with van der Waals surface area (Å²) in [4.78, 5) is 11.2. The molecule has 0 radical (unpaired) electrons. The fraction of sp³-hybridized carbons (Fsp3) is 0.923. The summed E-state index contributed by atoms with van der Waals surface area (Å²) in [7, 11) is 0. The predicted octanol–water partition coefficient (Wildman–Crippen LogP) is 1.65. The Morgan fingerprint density at radius 1 is 1.41 bits per heavy atom. The number of carboxylic acid groups (broad SMARTS) is 1. The van der Waals surface area contributed by atoms with Gasteiger partial charge in [0.05, 0.1) is 6.61 Å². The van der Waals surface area contributed by atoms with Gasteiger partial charge in [-0.25, -0.2) is 4.79 Å². The van der Waals surface area contributed by atoms with Gasteiger partial charge in [-0.05, 0) is 37.5 Å². The first-order valence-corrected chi connectivity index (χ1v) is 6.33. The van der Waals surface area contributed by atoms with Gasteiger partial charge in [0.1, 0.15) is 0 Å². The number of aliphatic hydroxyl groups excluding tert-OH is 1. The van der Waals surface area contributed by atoms with Crippen molar-refractivity contribution in [2.24, 2.45) is 17.3 Å². The average Bonchev–Trinajstić information content (AvgIpc) is 2.28. The van der Waals surface area contributed by atoms with Crippen molar-refractivity contribution in [1.82, 2.24) is 0 Å². The summed E-state index contributed by atoms with van der Waals surface area (Å²) in [6.07, 6.45) is 3.14. The summed E-state index contributed by atoms with van der Waals surface area (Å²) >= 11 is 0. The van der Waals surface area contributed by atoms with E-state index in [4.69, 9.17) is 5.11 Å². The van der Waals surface area contributed by atoms with E-state index in [1.54, 1.807) is 6.92 Å². The second-order valence-corrected chi connectivity index (χ2v) is 5.97. The Labute approximate surface area is 103 Å². The van der Waals surface area contributed by atoms with Crippen molar-refractivity contribution in [2.45, 2.75) is 52.1 Å². The minimum absolute atomic E-state index is 0.589. The molecule has 3 N–H and O–H groups in total. The van der Waals surface area contributed by atoms with E-state index in [9.17, 15) is 15.0 Å². The number of carbonyl (C=O) groups is 1. The summed E-state index contributed by atoms with van der Waals surface area (Å²) in [5.41, 5.74) is -2.73. The molecule has 0 spiro atoms. The van der Waals surface area contributed by atoms with Crippen LogP contribution in [0.15, 0.2) is 0 Å². The third-order valence-corrected chi connectivity index (χ3v) is 4.66. The number of aliphatic hydroxyl groups is 2. The minimum Gasteiger partial charge on any atom is -0.479 e. The Kier molecular flexibility index (Phi) is 4.20. The van der Waals surface area contributed by atoms with Crippen LogP contribution in [0.3, 0.4) is 0 Å². The summed E-state index contributed by atoms with van der Waals surface area (Å²) in [6, 6.07) is 0. The van der Waals surface area contributed by atoms with Crippen molar-refractivity contribution >= 4 is 5.97 Å². The van der Waals surface area contributed by atoms with Crippen LogP contribution in [0.4, 0.5) is 0 Å². The molecule has 1 unspecified atom stereocenters. The van der Waals surface area contributed by atoms with Crippen LogP contribution in [0.2, 0.25) is 0 Å². The van der Waals surface area contributed by atoms with Crippen molar-refractivity contribution in [3.63, 3.8) is 0 Å². The standard InChI is InChI=1S/C13H24O4/c1-9(2)10-4-6-12(3,7-5-10)13(17,8-14)11(15)16/h9-10,14,17H,4-8H2,1-3H3,(H,15,16). The lowest BCUT2D eigenvalue weighted by Gasteiger charge is -2.46. The molecule has 0 aromatic heterocycles. The fourth-order valence-electron chi connectivity index (χ4n) is 2.87. The topological polar surface area (TPSA) is 77.8 Å². The van der Waals surface area contributed by atoms with Crippen LogP contribution in [0.1, 0.15) is 46.5 Å². The van der Waals surface area contributed by atoms with E-state index in [0.29, 0.717) is 24.7 Å². The van der Waals surface area contributed by atoms with Crippen LogP contribution in [-0.2, 0) is 4.79 Å². The van der Waals surface area contributed by atoms with Gasteiger partial charge in [-0.1, -0.05) is 20.8 Å². The zero-order valence-corrected chi connectivity index (χ0v) is 10.9. The van der Waals surface area contributed by atoms with Gasteiger partial charge in [0.15, 0.2) is 5.60 Å². The Hall–Kier alpha value is -0.610. The van der Waals surface area contributed by atoms with Crippen molar-refractivity contribution < 1.29 is 20.1 Å². The van der Waals surface area contributed by atoms with E-state index >= 15 is 0 Å². The number of carboxylic acids is 1. The Morgan fingerprint density at radius 3 is 2.18 bits per heavy atom. The number of hydrogen-bond acceptors (Lipinski definition) is 3. The molecule has 100 valence electrons. The van der Waals surface area contributed by atoms with E-state index < -0.39 is 23.6 Å². The molecule has 0 heterocycles. The van der Waals surface area contributed by atoms with Gasteiger partial charge >= 0.3 is 5.97 Å². The molecule has 1 rings (SSSR count). The van der Waals surface area contributed by atoms with Crippen LogP contribution in [-0.4, -0.2) is 33.5 Å². The van der Waals surface area contributed by atoms with Gasteiger partial charge in [-0.3, -0.25) is 0 Å². The highest BCUT2D eigenvalue weighted by Gasteiger charge is 2.53. The maximum absolute atomic E-state index is 11.2. The smallest absolute Gasteiger partial charge is 0.338 e. The monoisotopic (exact) mass is 244 g/mol. The van der Waals surface area contributed by atoms with Crippen LogP contribution in [0, 0.1) is 17.3 Å². The third kappa shape index (κ3) is 2.47. The van der Waals surface area contributed by atoms with E-state index in [1.807, 2.05) is 0 Å². The molecule has 1 aliphatic rings. The predicted molar refractivity (Wildman–Crippen MR) is 64.6 cm³/mol. The molecule has 1 saturated carbocycles. The lowest BCUT2D eigenvalue weighted by atomic mass is 9.61. The van der Waals surface area contributed by atoms with Gasteiger partial charge in [-0.15, -0.1) is 0 Å². The fourth-order valence-corrected chi connectivity index (χ4v) is 2.87. The molecule has 4 nitrogen and oxygen atoms in total. The van der Waals surface area contributed by atoms with Crippen molar-refractivity contribution in [1.29, 1.82) is 0 Å². The molecule has 0 amide bonds. The van der Waals surface area contributed by atoms with E-state index in [1.165, 1.54) is 0 Å². The molecule has 17 heavy (non-hydrogen) atoms. The van der Waals surface area contributed by atoms with E-state index in [2.05, 4.69) is 13.8 Å². The maximum atomic E-state index is 11.2. The molecular formula is C13H24O4. The van der Waals surface area contributed by atoms with Gasteiger partial charge < -0.3 is 15.3 Å². The average molecular weight is 244 g/mol. The minimum atomic E-state index is -2.01. The van der Waals surface area contributed by atoms with Crippen molar-refractivity contribution in [3.05, 3.63) is 0 Å². The van der Waals surface area contributed by atoms with Gasteiger partial charge in [-0.2, -0.15) is 0 Å². The molecule has 1 aliphatic carbocycles. The molecule has 1 fully saturated rings. The lowest BCUT2D eigenvalue weighted by Crippen LogP contribution is -2.57. The second kappa shape index (κ2) is 4.94. The van der Waals surface area contributed by atoms with Crippen molar-refractivity contribution in [3.8, 4) is 0 Å². The Bertz CT molecular complexity index is 279. The van der Waals surface area contributed by atoms with Crippen LogP contribution < -0.4 is 0 Å². The zero-order valence-electron chi connectivity index (χ0n) is 10.9. The molecule has 0 aliphatic heterocycles. The SMILES string of the molecule is CC(C)C1CCC(C)(C(O)(CO)C(=O)O)CC1. The summed E-state index contributed by atoms with van der Waals surface area (Å²) in [6.45, 7) is 5.39. The zero-order chi connectivity index (χ0) is 13.3. The molecular weight excluding hydrogens is 220 g/mol. The third-order valence-electron chi connectivity index (χ3n) is 4.66. The van der Waals surface area contributed by atoms with Crippen LogP contribution >= 0.6 is 0 Å². The summed E-state index contributed by atoms with van der Waals surface area (Å²) < 4.78 is 0. The van der Waals surface area contributed by atoms with Gasteiger partial charge in [0.2, 0.25) is 0 Å². The quantitative estimate of drug-likeness (QED) is 0.702. The Morgan fingerprint density at radius 2 is 1.88 bits per heavy atom. The molecule has 4 heteroatoms. The molecule has 0 aromatic carbocycles. The number of hydrogen-bond donors (Lipinski definition) is 3. The second-order valence-electron chi connectivity index (χ2n) is 5.97. The number of aliphatic carboxylic acids is 1. The first-order chi connectivity index (χ1) is 7.77. The summed E-state index contributed by atoms with van der Waals surface area (Å²) in [5.74, 6) is -0.128. The van der Waals surface area contributed by atoms with Crippen LogP contribution in [0.25, 0.3) is 0 Å². The maximum Gasteiger partial charge on any atom is 0.338 e.